The number of amides is 1. The number of hydrogen-bond donors (Lipinski definition) is 1. The van der Waals surface area contributed by atoms with Gasteiger partial charge in [0, 0.05) is 0 Å². The van der Waals surface area contributed by atoms with E-state index in [0.29, 0.717) is 12.1 Å². The summed E-state index contributed by atoms with van der Waals surface area (Å²) in [6.07, 6.45) is 1.50. The lowest BCUT2D eigenvalue weighted by molar-refractivity contribution is -0.122. The van der Waals surface area contributed by atoms with Crippen LogP contribution in [0.4, 0.5) is 5.69 Å². The van der Waals surface area contributed by atoms with E-state index in [0.717, 1.165) is 17.4 Å². The van der Waals surface area contributed by atoms with E-state index >= 15 is 0 Å². The molecule has 0 aliphatic carbocycles. The van der Waals surface area contributed by atoms with Gasteiger partial charge >= 0.3 is 0 Å². The fourth-order valence-corrected chi connectivity index (χ4v) is 4.27. The lowest BCUT2D eigenvalue weighted by atomic mass is 10.0. The minimum Gasteiger partial charge on any atom is -0.348 e. The van der Waals surface area contributed by atoms with Crippen molar-refractivity contribution in [2.45, 2.75) is 46.2 Å². The molecule has 0 radical (unpaired) electrons. The first kappa shape index (κ1) is 21.0. The van der Waals surface area contributed by atoms with Crippen molar-refractivity contribution in [3.63, 3.8) is 0 Å². The largest absolute Gasteiger partial charge is 0.348 e. The highest BCUT2D eigenvalue weighted by atomic mass is 32.2. The second-order valence-corrected chi connectivity index (χ2v) is 8.75. The van der Waals surface area contributed by atoms with Gasteiger partial charge in [-0.3, -0.25) is 9.10 Å². The van der Waals surface area contributed by atoms with Crippen molar-refractivity contribution in [2.75, 3.05) is 10.6 Å². The Bertz CT molecular complexity index is 895. The molecule has 5 nitrogen and oxygen atoms in total. The first-order valence-corrected chi connectivity index (χ1v) is 10.9. The Kier molecular flexibility index (Phi) is 6.65. The van der Waals surface area contributed by atoms with Gasteiger partial charge in [-0.05, 0) is 56.0 Å². The Morgan fingerprint density at radius 2 is 1.70 bits per heavy atom. The molecule has 0 heterocycles. The van der Waals surface area contributed by atoms with Crippen LogP contribution in [0.15, 0.2) is 48.5 Å². The van der Waals surface area contributed by atoms with E-state index in [9.17, 15) is 13.2 Å². The van der Waals surface area contributed by atoms with Gasteiger partial charge < -0.3 is 5.32 Å². The molecule has 0 aliphatic heterocycles. The van der Waals surface area contributed by atoms with Crippen LogP contribution in [-0.4, -0.2) is 26.6 Å². The lowest BCUT2D eigenvalue weighted by Gasteiger charge is -2.31. The van der Waals surface area contributed by atoms with Gasteiger partial charge in [-0.2, -0.15) is 0 Å². The standard InChI is InChI=1S/C21H28N2O3S/c1-6-20(23(27(5,25)26)19-10-8-7-9-11-19)21(24)22-17(4)18-13-12-15(2)16(3)14-18/h7-14,17,20H,6H2,1-5H3,(H,22,24)/t17-,20+/m1/s1. The molecule has 0 fully saturated rings. The summed E-state index contributed by atoms with van der Waals surface area (Å²) in [4.78, 5) is 13.0. The highest BCUT2D eigenvalue weighted by Gasteiger charge is 2.32. The van der Waals surface area contributed by atoms with Crippen LogP contribution >= 0.6 is 0 Å². The van der Waals surface area contributed by atoms with Gasteiger partial charge in [0.15, 0.2) is 0 Å². The van der Waals surface area contributed by atoms with Gasteiger partial charge in [-0.1, -0.05) is 43.3 Å². The molecule has 0 saturated carbocycles. The normalized spacial score (nSPS) is 13.7. The van der Waals surface area contributed by atoms with Gasteiger partial charge in [-0.15, -0.1) is 0 Å². The van der Waals surface area contributed by atoms with Crippen LogP contribution in [0.2, 0.25) is 0 Å². The van der Waals surface area contributed by atoms with Gasteiger partial charge in [0.25, 0.3) is 0 Å². The number of carbonyl (C=O) groups is 1. The van der Waals surface area contributed by atoms with E-state index in [-0.39, 0.29) is 11.9 Å². The van der Waals surface area contributed by atoms with E-state index < -0.39 is 16.1 Å². The average molecular weight is 389 g/mol. The SMILES string of the molecule is CC[C@@H](C(=O)N[C@H](C)c1ccc(C)c(C)c1)N(c1ccccc1)S(C)(=O)=O. The van der Waals surface area contributed by atoms with Crippen molar-refractivity contribution in [1.29, 1.82) is 0 Å². The summed E-state index contributed by atoms with van der Waals surface area (Å²) in [6, 6.07) is 13.8. The van der Waals surface area contributed by atoms with E-state index in [4.69, 9.17) is 0 Å². The summed E-state index contributed by atoms with van der Waals surface area (Å²) in [5, 5.41) is 2.97. The zero-order valence-electron chi connectivity index (χ0n) is 16.6. The van der Waals surface area contributed by atoms with Crippen LogP contribution < -0.4 is 9.62 Å². The lowest BCUT2D eigenvalue weighted by Crippen LogP contribution is -2.49. The minimum absolute atomic E-state index is 0.219. The van der Waals surface area contributed by atoms with Crippen molar-refractivity contribution in [1.82, 2.24) is 5.32 Å². The number of carbonyl (C=O) groups excluding carboxylic acids is 1. The third kappa shape index (κ3) is 5.10. The highest BCUT2D eigenvalue weighted by Crippen LogP contribution is 2.23. The predicted molar refractivity (Wildman–Crippen MR) is 110 cm³/mol. The first-order chi connectivity index (χ1) is 12.6. The molecule has 0 saturated heterocycles. The van der Waals surface area contributed by atoms with E-state index in [1.54, 1.807) is 24.3 Å². The molecule has 0 aromatic heterocycles. The van der Waals surface area contributed by atoms with Crippen molar-refractivity contribution in [2.24, 2.45) is 0 Å². The molecule has 1 N–H and O–H groups in total. The summed E-state index contributed by atoms with van der Waals surface area (Å²) in [5.41, 5.74) is 3.83. The van der Waals surface area contributed by atoms with Crippen LogP contribution in [-0.2, 0) is 14.8 Å². The monoisotopic (exact) mass is 388 g/mol. The van der Waals surface area contributed by atoms with E-state index in [2.05, 4.69) is 5.32 Å². The fraction of sp³-hybridized carbons (Fsp3) is 0.381. The number of nitrogens with zero attached hydrogens (tertiary/aromatic N) is 1. The van der Waals surface area contributed by atoms with Gasteiger partial charge in [0.05, 0.1) is 18.0 Å². The number of anilines is 1. The Balaban J connectivity index is 2.28. The molecule has 0 spiro atoms. The molecule has 27 heavy (non-hydrogen) atoms. The summed E-state index contributed by atoms with van der Waals surface area (Å²) in [7, 11) is -3.61. The fourth-order valence-electron chi connectivity index (χ4n) is 3.06. The molecular weight excluding hydrogens is 360 g/mol. The molecule has 0 unspecified atom stereocenters. The van der Waals surface area contributed by atoms with Crippen LogP contribution in [0.25, 0.3) is 0 Å². The zero-order valence-corrected chi connectivity index (χ0v) is 17.4. The summed E-state index contributed by atoms with van der Waals surface area (Å²) in [5.74, 6) is -0.308. The second-order valence-electron chi connectivity index (χ2n) is 6.89. The van der Waals surface area contributed by atoms with Gasteiger partial charge in [-0.25, -0.2) is 8.42 Å². The number of sulfonamides is 1. The summed E-state index contributed by atoms with van der Waals surface area (Å²) < 4.78 is 26.0. The molecule has 2 aromatic carbocycles. The smallest absolute Gasteiger partial charge is 0.244 e. The maximum atomic E-state index is 13.0. The number of para-hydroxylation sites is 1. The summed E-state index contributed by atoms with van der Waals surface area (Å²) >= 11 is 0. The molecule has 1 amide bonds. The van der Waals surface area contributed by atoms with Crippen LogP contribution in [0, 0.1) is 13.8 Å². The molecule has 146 valence electrons. The average Bonchev–Trinajstić information content (AvgIpc) is 2.61. The third-order valence-corrected chi connectivity index (χ3v) is 5.91. The maximum absolute atomic E-state index is 13.0. The number of rotatable bonds is 7. The Hall–Kier alpha value is -2.34. The Morgan fingerprint density at radius 3 is 2.22 bits per heavy atom. The number of hydrogen-bond acceptors (Lipinski definition) is 3. The van der Waals surface area contributed by atoms with Gasteiger partial charge in [0.2, 0.25) is 15.9 Å². The zero-order chi connectivity index (χ0) is 20.2. The van der Waals surface area contributed by atoms with Crippen LogP contribution in [0.1, 0.15) is 43.0 Å². The summed E-state index contributed by atoms with van der Waals surface area (Å²) in [6.45, 7) is 7.79. The molecule has 0 aliphatic rings. The predicted octanol–water partition coefficient (Wildman–Crippen LogP) is 3.73. The maximum Gasteiger partial charge on any atom is 0.244 e. The first-order valence-electron chi connectivity index (χ1n) is 9.07. The number of nitrogens with one attached hydrogen (secondary N) is 1. The van der Waals surface area contributed by atoms with Crippen molar-refractivity contribution in [3.05, 3.63) is 65.2 Å². The van der Waals surface area contributed by atoms with Gasteiger partial charge in [0.1, 0.15) is 6.04 Å². The second kappa shape index (κ2) is 8.57. The molecular formula is C21H28N2O3S. The molecule has 2 atom stereocenters. The van der Waals surface area contributed by atoms with Crippen molar-refractivity contribution >= 4 is 21.6 Å². The van der Waals surface area contributed by atoms with Crippen molar-refractivity contribution in [3.8, 4) is 0 Å². The third-order valence-electron chi connectivity index (χ3n) is 4.73. The highest BCUT2D eigenvalue weighted by molar-refractivity contribution is 7.92. The minimum atomic E-state index is -3.61. The number of benzene rings is 2. The Labute approximate surface area is 162 Å². The van der Waals surface area contributed by atoms with E-state index in [1.165, 1.54) is 9.87 Å². The Morgan fingerprint density at radius 1 is 1.07 bits per heavy atom. The molecule has 2 rings (SSSR count). The van der Waals surface area contributed by atoms with Crippen molar-refractivity contribution < 1.29 is 13.2 Å². The molecule has 2 aromatic rings. The molecule has 0 bridgehead atoms. The topological polar surface area (TPSA) is 66.5 Å². The van der Waals surface area contributed by atoms with Crippen LogP contribution in [0.3, 0.4) is 0 Å². The quantitative estimate of drug-likeness (QED) is 0.786. The molecule has 6 heteroatoms. The van der Waals surface area contributed by atoms with E-state index in [1.807, 2.05) is 52.0 Å². The van der Waals surface area contributed by atoms with Crippen LogP contribution in [0.5, 0.6) is 0 Å². The number of aryl methyl sites for hydroxylation is 2.